The molecule has 1 aliphatic heterocycles. The Labute approximate surface area is 168 Å². The Morgan fingerprint density at radius 2 is 2.26 bits per heavy atom. The highest BCUT2D eigenvalue weighted by Crippen LogP contribution is 2.26. The number of aromatic nitrogens is 1. The quantitative estimate of drug-likeness (QED) is 0.731. The number of likely N-dealkylation sites (tertiary alicyclic amines) is 1. The van der Waals surface area contributed by atoms with Crippen molar-refractivity contribution in [3.05, 3.63) is 38.5 Å². The summed E-state index contributed by atoms with van der Waals surface area (Å²) in [7, 11) is 3.96. The van der Waals surface area contributed by atoms with Crippen molar-refractivity contribution in [1.29, 1.82) is 0 Å². The average molecular weight is 407 g/mol. The van der Waals surface area contributed by atoms with Crippen molar-refractivity contribution in [1.82, 2.24) is 20.1 Å². The number of rotatable bonds is 8. The minimum Gasteiger partial charge on any atom is -0.346 e. The Kier molecular flexibility index (Phi) is 6.62. The number of thiophene rings is 1. The lowest BCUT2D eigenvalue weighted by atomic mass is 10.1. The van der Waals surface area contributed by atoms with Crippen LogP contribution in [0, 0.1) is 12.8 Å². The summed E-state index contributed by atoms with van der Waals surface area (Å²) in [4.78, 5) is 34.7. The first kappa shape index (κ1) is 20.0. The molecule has 1 N–H and O–H groups in total. The van der Waals surface area contributed by atoms with Crippen molar-refractivity contribution in [2.75, 3.05) is 33.7 Å². The summed E-state index contributed by atoms with van der Waals surface area (Å²) < 4.78 is 0. The molecule has 2 aromatic heterocycles. The highest BCUT2D eigenvalue weighted by atomic mass is 32.1. The number of hydrogen-bond donors (Lipinski definition) is 1. The van der Waals surface area contributed by atoms with E-state index in [2.05, 4.69) is 16.4 Å². The molecule has 0 radical (unpaired) electrons. The molecule has 0 bridgehead atoms. The fourth-order valence-electron chi connectivity index (χ4n) is 3.14. The van der Waals surface area contributed by atoms with Gasteiger partial charge < -0.3 is 15.1 Å². The van der Waals surface area contributed by atoms with Crippen molar-refractivity contribution >= 4 is 34.5 Å². The van der Waals surface area contributed by atoms with Crippen molar-refractivity contribution in [2.45, 2.75) is 25.8 Å². The van der Waals surface area contributed by atoms with Crippen LogP contribution in [0.25, 0.3) is 0 Å². The summed E-state index contributed by atoms with van der Waals surface area (Å²) in [6.45, 7) is 3.93. The minimum atomic E-state index is -0.286. The van der Waals surface area contributed by atoms with E-state index in [9.17, 15) is 9.59 Å². The SMILES string of the molecule is Cc1csc([C@H](Cc2cccs2)NC(=O)[C@H]2CC(=O)N(CCN(C)C)C2)n1. The van der Waals surface area contributed by atoms with Crippen LogP contribution in [-0.2, 0) is 16.0 Å². The Morgan fingerprint density at radius 3 is 2.89 bits per heavy atom. The van der Waals surface area contributed by atoms with Gasteiger partial charge >= 0.3 is 0 Å². The standard InChI is InChI=1S/C19H26N4O2S2/c1-13-12-27-19(20-13)16(10-15-5-4-8-26-15)21-18(25)14-9-17(24)23(11-14)7-6-22(2)3/h4-5,8,12,14,16H,6-7,9-11H2,1-3H3,(H,21,25)/t14-,16-/m0/s1. The first-order valence-electron chi connectivity index (χ1n) is 9.09. The summed E-state index contributed by atoms with van der Waals surface area (Å²) in [6, 6.07) is 3.94. The highest BCUT2D eigenvalue weighted by molar-refractivity contribution is 7.10. The van der Waals surface area contributed by atoms with Crippen molar-refractivity contribution in [3.8, 4) is 0 Å². The van der Waals surface area contributed by atoms with E-state index in [4.69, 9.17) is 0 Å². The summed E-state index contributed by atoms with van der Waals surface area (Å²) in [5.41, 5.74) is 0.964. The van der Waals surface area contributed by atoms with Crippen LogP contribution in [0.2, 0.25) is 0 Å². The van der Waals surface area contributed by atoms with Gasteiger partial charge in [-0.05, 0) is 32.5 Å². The minimum absolute atomic E-state index is 0.0508. The van der Waals surface area contributed by atoms with E-state index in [1.54, 1.807) is 27.6 Å². The van der Waals surface area contributed by atoms with E-state index in [0.29, 0.717) is 19.5 Å². The lowest BCUT2D eigenvalue weighted by Gasteiger charge is -2.20. The monoisotopic (exact) mass is 406 g/mol. The second-order valence-electron chi connectivity index (χ2n) is 7.22. The van der Waals surface area contributed by atoms with Gasteiger partial charge in [-0.1, -0.05) is 6.07 Å². The van der Waals surface area contributed by atoms with Crippen molar-refractivity contribution in [2.24, 2.45) is 5.92 Å². The number of nitrogens with one attached hydrogen (secondary N) is 1. The number of amides is 2. The van der Waals surface area contributed by atoms with Gasteiger partial charge in [-0.2, -0.15) is 0 Å². The molecule has 1 saturated heterocycles. The van der Waals surface area contributed by atoms with E-state index >= 15 is 0 Å². The van der Waals surface area contributed by atoms with Gasteiger partial charge in [0, 0.05) is 48.4 Å². The molecule has 3 rings (SSSR count). The fourth-order valence-corrected chi connectivity index (χ4v) is 4.74. The number of aryl methyl sites for hydroxylation is 1. The van der Waals surface area contributed by atoms with E-state index < -0.39 is 0 Å². The molecule has 3 heterocycles. The number of nitrogens with zero attached hydrogens (tertiary/aromatic N) is 3. The van der Waals surface area contributed by atoms with Crippen LogP contribution in [0.4, 0.5) is 0 Å². The van der Waals surface area contributed by atoms with Crippen LogP contribution in [0.1, 0.15) is 28.0 Å². The number of likely N-dealkylation sites (N-methyl/N-ethyl adjacent to an activating group) is 1. The molecular weight excluding hydrogens is 380 g/mol. The second kappa shape index (κ2) is 8.95. The summed E-state index contributed by atoms with van der Waals surface area (Å²) >= 11 is 3.25. The predicted octanol–water partition coefficient (Wildman–Crippen LogP) is 2.32. The molecule has 27 heavy (non-hydrogen) atoms. The summed E-state index contributed by atoms with van der Waals surface area (Å²) in [5, 5.41) is 8.12. The number of carbonyl (C=O) groups is 2. The maximum absolute atomic E-state index is 12.9. The van der Waals surface area contributed by atoms with Crippen LogP contribution in [-0.4, -0.2) is 60.3 Å². The largest absolute Gasteiger partial charge is 0.346 e. The molecule has 0 aromatic carbocycles. The lowest BCUT2D eigenvalue weighted by molar-refractivity contribution is -0.129. The Balaban J connectivity index is 1.65. The third-order valence-electron chi connectivity index (χ3n) is 4.64. The van der Waals surface area contributed by atoms with Gasteiger partial charge in [-0.15, -0.1) is 22.7 Å². The first-order chi connectivity index (χ1) is 12.9. The van der Waals surface area contributed by atoms with Gasteiger partial charge in [0.1, 0.15) is 5.01 Å². The Morgan fingerprint density at radius 1 is 1.44 bits per heavy atom. The molecule has 2 amide bonds. The predicted molar refractivity (Wildman–Crippen MR) is 109 cm³/mol. The summed E-state index contributed by atoms with van der Waals surface area (Å²) in [6.07, 6.45) is 1.02. The van der Waals surface area contributed by atoms with E-state index in [1.165, 1.54) is 4.88 Å². The summed E-state index contributed by atoms with van der Waals surface area (Å²) in [5.74, 6) is -0.270. The molecule has 2 atom stereocenters. The van der Waals surface area contributed by atoms with Gasteiger partial charge in [0.05, 0.1) is 12.0 Å². The molecule has 0 saturated carbocycles. The smallest absolute Gasteiger partial charge is 0.225 e. The molecule has 1 aliphatic rings. The number of carbonyl (C=O) groups excluding carboxylic acids is 2. The fraction of sp³-hybridized carbons (Fsp3) is 0.526. The molecule has 0 aliphatic carbocycles. The number of thiazole rings is 1. The third-order valence-corrected chi connectivity index (χ3v) is 6.61. The molecule has 146 valence electrons. The third kappa shape index (κ3) is 5.37. The molecule has 8 heteroatoms. The molecule has 1 fully saturated rings. The van der Waals surface area contributed by atoms with Crippen molar-refractivity contribution < 1.29 is 9.59 Å². The van der Waals surface area contributed by atoms with Gasteiger partial charge in [0.2, 0.25) is 11.8 Å². The zero-order valence-electron chi connectivity index (χ0n) is 16.0. The molecule has 0 unspecified atom stereocenters. The zero-order valence-corrected chi connectivity index (χ0v) is 17.6. The topological polar surface area (TPSA) is 65.5 Å². The average Bonchev–Trinajstić information content (AvgIpc) is 3.34. The van der Waals surface area contributed by atoms with Crippen LogP contribution in [0.3, 0.4) is 0 Å². The van der Waals surface area contributed by atoms with Crippen LogP contribution in [0.15, 0.2) is 22.9 Å². The molecule has 2 aromatic rings. The molecule has 0 spiro atoms. The molecular formula is C19H26N4O2S2. The van der Waals surface area contributed by atoms with Gasteiger partial charge in [-0.3, -0.25) is 9.59 Å². The maximum atomic E-state index is 12.9. The van der Waals surface area contributed by atoms with Crippen molar-refractivity contribution in [3.63, 3.8) is 0 Å². The lowest BCUT2D eigenvalue weighted by Crippen LogP contribution is -2.37. The van der Waals surface area contributed by atoms with Crippen LogP contribution in [0.5, 0.6) is 0 Å². The van der Waals surface area contributed by atoms with Gasteiger partial charge in [-0.25, -0.2) is 4.98 Å². The molecule has 6 nitrogen and oxygen atoms in total. The van der Waals surface area contributed by atoms with Gasteiger partial charge in [0.25, 0.3) is 0 Å². The Hall–Kier alpha value is -1.77. The van der Waals surface area contributed by atoms with E-state index in [-0.39, 0.29) is 23.8 Å². The normalized spacial score (nSPS) is 18.3. The van der Waals surface area contributed by atoms with Crippen LogP contribution < -0.4 is 5.32 Å². The maximum Gasteiger partial charge on any atom is 0.225 e. The van der Waals surface area contributed by atoms with E-state index in [0.717, 1.165) is 23.7 Å². The number of hydrogen-bond acceptors (Lipinski definition) is 6. The first-order valence-corrected chi connectivity index (χ1v) is 10.9. The van der Waals surface area contributed by atoms with Crippen LogP contribution >= 0.6 is 22.7 Å². The second-order valence-corrected chi connectivity index (χ2v) is 9.14. The van der Waals surface area contributed by atoms with Gasteiger partial charge in [0.15, 0.2) is 0 Å². The zero-order chi connectivity index (χ0) is 19.4. The Bertz CT molecular complexity index is 773. The van der Waals surface area contributed by atoms with E-state index in [1.807, 2.05) is 42.7 Å². The highest BCUT2D eigenvalue weighted by Gasteiger charge is 2.35.